The summed E-state index contributed by atoms with van der Waals surface area (Å²) in [6, 6.07) is 0. The molecule has 0 bridgehead atoms. The van der Waals surface area contributed by atoms with Crippen LogP contribution in [0.25, 0.3) is 0 Å². The van der Waals surface area contributed by atoms with Gasteiger partial charge >= 0.3 is 0 Å². The maximum atomic E-state index is 12.1. The van der Waals surface area contributed by atoms with Gasteiger partial charge < -0.3 is 15.6 Å². The fourth-order valence-corrected chi connectivity index (χ4v) is 2.70. The Morgan fingerprint density at radius 1 is 1.32 bits per heavy atom. The standard InChI is InChI=1S/C11H20N6OS/c1-3-9-13-14-11(17(9)12)19-8-10(18)16-6-4-15(2)5-7-16/h3-8,12H2,1-2H3. The van der Waals surface area contributed by atoms with Crippen LogP contribution >= 0.6 is 11.8 Å². The highest BCUT2D eigenvalue weighted by molar-refractivity contribution is 7.99. The predicted octanol–water partition coefficient (Wildman–Crippen LogP) is -0.580. The number of carbonyl (C=O) groups is 1. The Labute approximate surface area is 117 Å². The van der Waals surface area contributed by atoms with Gasteiger partial charge in [-0.05, 0) is 7.05 Å². The predicted molar refractivity (Wildman–Crippen MR) is 74.4 cm³/mol. The van der Waals surface area contributed by atoms with E-state index in [9.17, 15) is 4.79 Å². The summed E-state index contributed by atoms with van der Waals surface area (Å²) in [5, 5.41) is 8.55. The molecule has 0 aromatic carbocycles. The van der Waals surface area contributed by atoms with Crippen LogP contribution in [0.3, 0.4) is 0 Å². The summed E-state index contributed by atoms with van der Waals surface area (Å²) in [5.74, 6) is 7.07. The van der Waals surface area contributed by atoms with Crippen molar-refractivity contribution in [3.8, 4) is 0 Å². The first-order valence-electron chi connectivity index (χ1n) is 6.40. The lowest BCUT2D eigenvalue weighted by Crippen LogP contribution is -2.47. The molecular formula is C11H20N6OS. The molecule has 2 rings (SSSR count). The Balaban J connectivity index is 1.84. The van der Waals surface area contributed by atoms with Crippen LogP contribution in [0.1, 0.15) is 12.7 Å². The summed E-state index contributed by atoms with van der Waals surface area (Å²) < 4.78 is 1.46. The van der Waals surface area contributed by atoms with Gasteiger partial charge in [-0.3, -0.25) is 4.79 Å². The lowest BCUT2D eigenvalue weighted by atomic mass is 10.3. The van der Waals surface area contributed by atoms with Crippen molar-refractivity contribution >= 4 is 17.7 Å². The van der Waals surface area contributed by atoms with Crippen molar-refractivity contribution in [2.45, 2.75) is 18.5 Å². The molecule has 0 atom stereocenters. The summed E-state index contributed by atoms with van der Waals surface area (Å²) in [6.45, 7) is 5.43. The number of likely N-dealkylation sites (N-methyl/N-ethyl adjacent to an activating group) is 1. The topological polar surface area (TPSA) is 80.3 Å². The molecule has 106 valence electrons. The number of hydrogen-bond acceptors (Lipinski definition) is 6. The molecule has 1 aromatic rings. The molecule has 0 radical (unpaired) electrons. The minimum Gasteiger partial charge on any atom is -0.339 e. The van der Waals surface area contributed by atoms with E-state index in [1.165, 1.54) is 16.4 Å². The van der Waals surface area contributed by atoms with Crippen molar-refractivity contribution in [2.75, 3.05) is 44.8 Å². The summed E-state index contributed by atoms with van der Waals surface area (Å²) in [7, 11) is 2.07. The molecular weight excluding hydrogens is 264 g/mol. The zero-order valence-corrected chi connectivity index (χ0v) is 12.2. The van der Waals surface area contributed by atoms with Gasteiger partial charge in [0.05, 0.1) is 5.75 Å². The number of nitrogens with two attached hydrogens (primary N) is 1. The number of piperazine rings is 1. The first kappa shape index (κ1) is 14.1. The molecule has 19 heavy (non-hydrogen) atoms. The fraction of sp³-hybridized carbons (Fsp3) is 0.727. The molecule has 0 saturated carbocycles. The minimum absolute atomic E-state index is 0.138. The van der Waals surface area contributed by atoms with Crippen molar-refractivity contribution < 1.29 is 4.79 Å². The van der Waals surface area contributed by atoms with Gasteiger partial charge in [0.1, 0.15) is 0 Å². The van der Waals surface area contributed by atoms with Crippen LogP contribution in [0, 0.1) is 0 Å². The second kappa shape index (κ2) is 6.25. The van der Waals surface area contributed by atoms with E-state index < -0.39 is 0 Å². The number of hydrogen-bond donors (Lipinski definition) is 1. The Bertz CT molecular complexity index is 440. The molecule has 1 fully saturated rings. The quantitative estimate of drug-likeness (QED) is 0.588. The van der Waals surface area contributed by atoms with Gasteiger partial charge in [0.2, 0.25) is 11.1 Å². The second-order valence-electron chi connectivity index (χ2n) is 4.60. The van der Waals surface area contributed by atoms with Crippen LogP contribution in [0.2, 0.25) is 0 Å². The smallest absolute Gasteiger partial charge is 0.233 e. The Morgan fingerprint density at radius 2 is 2.00 bits per heavy atom. The van der Waals surface area contributed by atoms with Crippen LogP contribution in [0.5, 0.6) is 0 Å². The zero-order chi connectivity index (χ0) is 13.8. The number of nitrogen functional groups attached to an aromatic ring is 1. The highest BCUT2D eigenvalue weighted by Crippen LogP contribution is 2.15. The number of thioether (sulfide) groups is 1. The fourth-order valence-electron chi connectivity index (χ4n) is 1.92. The molecule has 0 spiro atoms. The van der Waals surface area contributed by atoms with E-state index in [0.717, 1.165) is 38.4 Å². The number of amides is 1. The number of nitrogens with zero attached hydrogens (tertiary/aromatic N) is 5. The average Bonchev–Trinajstić information content (AvgIpc) is 2.77. The molecule has 1 aliphatic rings. The summed E-state index contributed by atoms with van der Waals surface area (Å²) in [4.78, 5) is 16.2. The van der Waals surface area contributed by atoms with Crippen LogP contribution in [-0.4, -0.2) is 69.6 Å². The van der Waals surface area contributed by atoms with Crippen molar-refractivity contribution in [1.29, 1.82) is 0 Å². The molecule has 1 amide bonds. The van der Waals surface area contributed by atoms with Crippen molar-refractivity contribution in [2.24, 2.45) is 0 Å². The summed E-state index contributed by atoms with van der Waals surface area (Å²) >= 11 is 1.35. The molecule has 2 heterocycles. The van der Waals surface area contributed by atoms with Crippen LogP contribution in [0.4, 0.5) is 0 Å². The van der Waals surface area contributed by atoms with Gasteiger partial charge in [-0.1, -0.05) is 18.7 Å². The van der Waals surface area contributed by atoms with Crippen molar-refractivity contribution in [3.63, 3.8) is 0 Å². The largest absolute Gasteiger partial charge is 0.339 e. The van der Waals surface area contributed by atoms with E-state index in [1.807, 2.05) is 11.8 Å². The van der Waals surface area contributed by atoms with Gasteiger partial charge in [-0.15, -0.1) is 10.2 Å². The summed E-state index contributed by atoms with van der Waals surface area (Å²) in [5.41, 5.74) is 0. The second-order valence-corrected chi connectivity index (χ2v) is 5.54. The van der Waals surface area contributed by atoms with Crippen molar-refractivity contribution in [3.05, 3.63) is 5.82 Å². The van der Waals surface area contributed by atoms with E-state index in [2.05, 4.69) is 22.1 Å². The van der Waals surface area contributed by atoms with E-state index in [4.69, 9.17) is 5.84 Å². The van der Waals surface area contributed by atoms with Gasteiger partial charge in [0, 0.05) is 32.6 Å². The molecule has 0 unspecified atom stereocenters. The maximum absolute atomic E-state index is 12.1. The molecule has 0 aliphatic carbocycles. The molecule has 7 nitrogen and oxygen atoms in total. The van der Waals surface area contributed by atoms with Crippen LogP contribution in [0.15, 0.2) is 5.16 Å². The third-order valence-corrected chi connectivity index (χ3v) is 4.16. The van der Waals surface area contributed by atoms with E-state index in [-0.39, 0.29) is 5.91 Å². The van der Waals surface area contributed by atoms with E-state index in [1.54, 1.807) is 0 Å². The Kier molecular flexibility index (Phi) is 4.65. The number of carbonyl (C=O) groups excluding carboxylic acids is 1. The van der Waals surface area contributed by atoms with Gasteiger partial charge in [-0.2, -0.15) is 0 Å². The third kappa shape index (κ3) is 3.38. The maximum Gasteiger partial charge on any atom is 0.233 e. The number of aryl methyl sites for hydroxylation is 1. The van der Waals surface area contributed by atoms with Crippen LogP contribution in [-0.2, 0) is 11.2 Å². The molecule has 1 aliphatic heterocycles. The normalized spacial score (nSPS) is 16.8. The SMILES string of the molecule is CCc1nnc(SCC(=O)N2CCN(C)CC2)n1N. The Hall–Kier alpha value is -1.28. The highest BCUT2D eigenvalue weighted by Gasteiger charge is 2.20. The van der Waals surface area contributed by atoms with E-state index >= 15 is 0 Å². The zero-order valence-electron chi connectivity index (χ0n) is 11.4. The monoisotopic (exact) mass is 284 g/mol. The van der Waals surface area contributed by atoms with Gasteiger partial charge in [-0.25, -0.2) is 4.68 Å². The molecule has 8 heteroatoms. The third-order valence-electron chi connectivity index (χ3n) is 3.23. The first-order valence-corrected chi connectivity index (χ1v) is 7.39. The first-order chi connectivity index (χ1) is 9.11. The van der Waals surface area contributed by atoms with Gasteiger partial charge in [0.25, 0.3) is 0 Å². The number of rotatable bonds is 4. The summed E-state index contributed by atoms with van der Waals surface area (Å²) in [6.07, 6.45) is 0.733. The van der Waals surface area contributed by atoms with Crippen molar-refractivity contribution in [1.82, 2.24) is 24.7 Å². The van der Waals surface area contributed by atoms with Crippen LogP contribution < -0.4 is 5.84 Å². The van der Waals surface area contributed by atoms with Gasteiger partial charge in [0.15, 0.2) is 5.82 Å². The number of aromatic nitrogens is 3. The molecule has 1 aromatic heterocycles. The average molecular weight is 284 g/mol. The minimum atomic E-state index is 0.138. The lowest BCUT2D eigenvalue weighted by molar-refractivity contribution is -0.129. The lowest BCUT2D eigenvalue weighted by Gasteiger charge is -2.32. The highest BCUT2D eigenvalue weighted by atomic mass is 32.2. The molecule has 2 N–H and O–H groups in total. The Morgan fingerprint density at radius 3 is 2.58 bits per heavy atom. The molecule has 1 saturated heterocycles. The van der Waals surface area contributed by atoms with E-state index in [0.29, 0.717) is 10.9 Å².